The molecule has 0 bridgehead atoms. The molecule has 0 saturated carbocycles. The van der Waals surface area contributed by atoms with E-state index in [-0.39, 0.29) is 5.75 Å². The van der Waals surface area contributed by atoms with Gasteiger partial charge in [-0.1, -0.05) is 35.5 Å². The summed E-state index contributed by atoms with van der Waals surface area (Å²) in [7, 11) is 0. The van der Waals surface area contributed by atoms with Crippen LogP contribution in [0.3, 0.4) is 0 Å². The highest BCUT2D eigenvalue weighted by atomic mass is 35.5. The molecule has 2 rings (SSSR count). The summed E-state index contributed by atoms with van der Waals surface area (Å²) in [5.41, 5.74) is 6.11. The molecular formula is C20H22ClN3O3S. The van der Waals surface area contributed by atoms with Crippen LogP contribution in [-0.4, -0.2) is 28.9 Å². The fourth-order valence-corrected chi connectivity index (χ4v) is 3.84. The number of hydrogen-bond donors (Lipinski definition) is 1. The Morgan fingerprint density at radius 3 is 2.43 bits per heavy atom. The first kappa shape index (κ1) is 22.0. The van der Waals surface area contributed by atoms with E-state index in [1.807, 2.05) is 0 Å². The van der Waals surface area contributed by atoms with Crippen molar-refractivity contribution < 1.29 is 14.3 Å². The standard InChI is InChI=1S/C20H22ClN3O3S/c1-11-16(19(26)27-20(2,3)4)17(12-5-7-13(21)8-6-12)14(9-22)18(24-11)28-10-15(23)25/h5-8,16-17H,10H2,1-4H3,(H2,23,25)/t16?,17-/m0/s1. The third kappa shape index (κ3) is 5.37. The average molecular weight is 420 g/mol. The highest BCUT2D eigenvalue weighted by Gasteiger charge is 2.41. The predicted molar refractivity (Wildman–Crippen MR) is 111 cm³/mol. The number of benzene rings is 1. The van der Waals surface area contributed by atoms with Gasteiger partial charge < -0.3 is 10.5 Å². The molecule has 1 aliphatic rings. The van der Waals surface area contributed by atoms with Gasteiger partial charge in [0.2, 0.25) is 5.91 Å². The molecule has 0 spiro atoms. The van der Waals surface area contributed by atoms with Crippen molar-refractivity contribution in [1.29, 1.82) is 5.26 Å². The van der Waals surface area contributed by atoms with Crippen molar-refractivity contribution in [3.63, 3.8) is 0 Å². The summed E-state index contributed by atoms with van der Waals surface area (Å²) in [4.78, 5) is 28.6. The number of hydrogen-bond acceptors (Lipinski definition) is 6. The first-order valence-corrected chi connectivity index (χ1v) is 9.98. The van der Waals surface area contributed by atoms with Gasteiger partial charge in [0.25, 0.3) is 0 Å². The highest BCUT2D eigenvalue weighted by Crippen LogP contribution is 2.42. The summed E-state index contributed by atoms with van der Waals surface area (Å²) in [5, 5.41) is 10.8. The number of halogens is 1. The Morgan fingerprint density at radius 2 is 1.93 bits per heavy atom. The molecular weight excluding hydrogens is 398 g/mol. The van der Waals surface area contributed by atoms with Gasteiger partial charge in [-0.2, -0.15) is 5.26 Å². The maximum atomic E-state index is 13.0. The van der Waals surface area contributed by atoms with Crippen LogP contribution in [0.5, 0.6) is 0 Å². The van der Waals surface area contributed by atoms with Crippen molar-refractivity contribution in [3.05, 3.63) is 45.5 Å². The van der Waals surface area contributed by atoms with E-state index in [2.05, 4.69) is 11.1 Å². The molecule has 148 valence electrons. The van der Waals surface area contributed by atoms with Crippen LogP contribution in [0.2, 0.25) is 5.02 Å². The van der Waals surface area contributed by atoms with E-state index in [0.717, 1.165) is 17.3 Å². The molecule has 1 aliphatic heterocycles. The van der Waals surface area contributed by atoms with Crippen LogP contribution in [0.1, 0.15) is 39.2 Å². The fraction of sp³-hybridized carbons (Fsp3) is 0.400. The van der Waals surface area contributed by atoms with Crippen LogP contribution in [0.15, 0.2) is 39.9 Å². The number of amides is 1. The summed E-state index contributed by atoms with van der Waals surface area (Å²) in [6.07, 6.45) is 0. The SMILES string of the molecule is CC1=NC(SCC(N)=O)=C(C#N)[C@H](c2ccc(Cl)cc2)C1C(=O)OC(C)(C)C. The van der Waals surface area contributed by atoms with Gasteiger partial charge in [0.1, 0.15) is 16.5 Å². The van der Waals surface area contributed by atoms with Gasteiger partial charge in [0.05, 0.1) is 17.4 Å². The highest BCUT2D eigenvalue weighted by molar-refractivity contribution is 8.03. The Balaban J connectivity index is 2.57. The third-order valence-electron chi connectivity index (χ3n) is 3.96. The first-order valence-electron chi connectivity index (χ1n) is 8.62. The normalized spacial score (nSPS) is 19.6. The van der Waals surface area contributed by atoms with Crippen LogP contribution >= 0.6 is 23.4 Å². The zero-order chi connectivity index (χ0) is 21.1. The molecule has 2 N–H and O–H groups in total. The number of nitrogens with zero attached hydrogens (tertiary/aromatic N) is 2. The largest absolute Gasteiger partial charge is 0.459 e. The van der Waals surface area contributed by atoms with Gasteiger partial charge >= 0.3 is 5.97 Å². The van der Waals surface area contributed by atoms with Gasteiger partial charge in [0.15, 0.2) is 0 Å². The number of aliphatic imine (C=N–C) groups is 1. The topological polar surface area (TPSA) is 106 Å². The third-order valence-corrected chi connectivity index (χ3v) is 5.23. The lowest BCUT2D eigenvalue weighted by molar-refractivity contribution is -0.157. The van der Waals surface area contributed by atoms with Crippen molar-refractivity contribution in [2.45, 2.75) is 39.2 Å². The summed E-state index contributed by atoms with van der Waals surface area (Å²) in [6, 6.07) is 9.12. The predicted octanol–water partition coefficient (Wildman–Crippen LogP) is 3.81. The van der Waals surface area contributed by atoms with Crippen molar-refractivity contribution in [1.82, 2.24) is 0 Å². The lowest BCUT2D eigenvalue weighted by Gasteiger charge is -2.32. The Kier molecular flexibility index (Phi) is 6.91. The van der Waals surface area contributed by atoms with E-state index in [1.54, 1.807) is 52.0 Å². The number of esters is 1. The maximum Gasteiger partial charge on any atom is 0.316 e. The summed E-state index contributed by atoms with van der Waals surface area (Å²) in [5.74, 6) is -2.33. The number of thioether (sulfide) groups is 1. The Morgan fingerprint density at radius 1 is 1.32 bits per heavy atom. The number of rotatable bonds is 5. The number of allylic oxidation sites excluding steroid dienone is 1. The van der Waals surface area contributed by atoms with Crippen LogP contribution in [0, 0.1) is 17.2 Å². The smallest absolute Gasteiger partial charge is 0.316 e. The van der Waals surface area contributed by atoms with Crippen molar-refractivity contribution in [2.75, 3.05) is 5.75 Å². The second-order valence-corrected chi connectivity index (χ2v) is 8.78. The van der Waals surface area contributed by atoms with E-state index in [1.165, 1.54) is 0 Å². The second kappa shape index (κ2) is 8.80. The first-order chi connectivity index (χ1) is 13.0. The van der Waals surface area contributed by atoms with Crippen LogP contribution in [0.25, 0.3) is 0 Å². The lowest BCUT2D eigenvalue weighted by atomic mass is 9.77. The number of carbonyl (C=O) groups is 2. The van der Waals surface area contributed by atoms with Crippen LogP contribution in [0.4, 0.5) is 0 Å². The molecule has 0 saturated heterocycles. The van der Waals surface area contributed by atoms with Gasteiger partial charge in [-0.25, -0.2) is 4.99 Å². The molecule has 0 radical (unpaired) electrons. The summed E-state index contributed by atoms with van der Waals surface area (Å²) < 4.78 is 5.59. The van der Waals surface area contributed by atoms with Crippen LogP contribution in [-0.2, 0) is 14.3 Å². The van der Waals surface area contributed by atoms with Gasteiger partial charge in [-0.15, -0.1) is 0 Å². The van der Waals surface area contributed by atoms with E-state index in [0.29, 0.717) is 21.3 Å². The van der Waals surface area contributed by atoms with Crippen molar-refractivity contribution in [3.8, 4) is 6.07 Å². The molecule has 1 amide bonds. The number of nitriles is 1. The minimum absolute atomic E-state index is 0.0122. The molecule has 2 atom stereocenters. The Bertz CT molecular complexity index is 879. The molecule has 1 unspecified atom stereocenters. The van der Waals surface area contributed by atoms with E-state index < -0.39 is 29.3 Å². The molecule has 28 heavy (non-hydrogen) atoms. The van der Waals surface area contributed by atoms with Crippen molar-refractivity contribution >= 4 is 41.0 Å². The van der Waals surface area contributed by atoms with E-state index in [9.17, 15) is 14.9 Å². The minimum Gasteiger partial charge on any atom is -0.459 e. The molecule has 6 nitrogen and oxygen atoms in total. The Hall–Kier alpha value is -2.30. The maximum absolute atomic E-state index is 13.0. The number of ether oxygens (including phenoxy) is 1. The quantitative estimate of drug-likeness (QED) is 0.730. The molecule has 0 aromatic heterocycles. The lowest BCUT2D eigenvalue weighted by Crippen LogP contribution is -2.37. The van der Waals surface area contributed by atoms with E-state index in [4.69, 9.17) is 22.1 Å². The summed E-state index contributed by atoms with van der Waals surface area (Å²) >= 11 is 7.09. The van der Waals surface area contributed by atoms with Crippen molar-refractivity contribution in [2.24, 2.45) is 16.6 Å². The number of carbonyl (C=O) groups excluding carboxylic acids is 2. The molecule has 0 fully saturated rings. The molecule has 8 heteroatoms. The molecule has 1 aromatic carbocycles. The van der Waals surface area contributed by atoms with Crippen LogP contribution < -0.4 is 5.73 Å². The zero-order valence-corrected chi connectivity index (χ0v) is 17.7. The fourth-order valence-electron chi connectivity index (χ4n) is 2.90. The number of primary amides is 1. The summed E-state index contributed by atoms with van der Waals surface area (Å²) in [6.45, 7) is 7.07. The van der Waals surface area contributed by atoms with Gasteiger partial charge in [-0.05, 0) is 45.4 Å². The second-order valence-electron chi connectivity index (χ2n) is 7.38. The van der Waals surface area contributed by atoms with E-state index >= 15 is 0 Å². The van der Waals surface area contributed by atoms with Gasteiger partial charge in [0, 0.05) is 16.7 Å². The monoisotopic (exact) mass is 419 g/mol. The number of nitrogens with two attached hydrogens (primary N) is 1. The zero-order valence-electron chi connectivity index (χ0n) is 16.2. The molecule has 1 heterocycles. The Labute approximate surface area is 173 Å². The molecule has 0 aliphatic carbocycles. The minimum atomic E-state index is -0.757. The average Bonchev–Trinajstić information content (AvgIpc) is 2.58. The molecule has 1 aromatic rings. The van der Waals surface area contributed by atoms with Gasteiger partial charge in [-0.3, -0.25) is 9.59 Å².